The first kappa shape index (κ1) is 13.0. The molecule has 0 fully saturated rings. The van der Waals surface area contributed by atoms with Gasteiger partial charge in [0.05, 0.1) is 11.8 Å². The minimum absolute atomic E-state index is 0.407. The third-order valence-corrected chi connectivity index (χ3v) is 1.05. The Hall–Kier alpha value is -1.99. The lowest BCUT2D eigenvalue weighted by molar-refractivity contribution is -0.192. The molecule has 0 aromatic carbocycles. The molecular formula is C7H6F3NO4. The van der Waals surface area contributed by atoms with Crippen molar-refractivity contribution in [2.45, 2.75) is 6.18 Å². The maximum Gasteiger partial charge on any atom is 0.490 e. The van der Waals surface area contributed by atoms with Crippen LogP contribution in [0.2, 0.25) is 0 Å². The molecule has 84 valence electrons. The third-order valence-electron chi connectivity index (χ3n) is 1.05. The van der Waals surface area contributed by atoms with Gasteiger partial charge < -0.3 is 15.3 Å². The second kappa shape index (κ2) is 5.03. The lowest BCUT2D eigenvalue weighted by Crippen LogP contribution is -2.21. The maximum atomic E-state index is 10.6. The summed E-state index contributed by atoms with van der Waals surface area (Å²) in [4.78, 5) is 19.1. The van der Waals surface area contributed by atoms with Gasteiger partial charge in [-0.05, 0) is 6.07 Å². The van der Waals surface area contributed by atoms with Gasteiger partial charge >= 0.3 is 12.1 Å². The quantitative estimate of drug-likeness (QED) is 0.745. The van der Waals surface area contributed by atoms with E-state index in [1.54, 1.807) is 0 Å². The fraction of sp³-hybridized carbons (Fsp3) is 0.143. The van der Waals surface area contributed by atoms with Crippen LogP contribution in [0, 0.1) is 0 Å². The van der Waals surface area contributed by atoms with Gasteiger partial charge in [-0.15, -0.1) is 0 Å². The summed E-state index contributed by atoms with van der Waals surface area (Å²) < 4.78 is 36.3. The van der Waals surface area contributed by atoms with Crippen molar-refractivity contribution >= 4 is 11.9 Å². The molecule has 0 radical (unpaired) electrons. The number of carbonyl (C=O) groups is 2. The first-order chi connectivity index (χ1) is 6.75. The molecule has 3 N–H and O–H groups in total. The molecule has 15 heavy (non-hydrogen) atoms. The number of aliphatic carboxylic acids is 1. The first-order valence-corrected chi connectivity index (χ1v) is 3.37. The predicted molar refractivity (Wildman–Crippen MR) is 40.9 cm³/mol. The molecule has 0 unspecified atom stereocenters. The molecule has 1 aromatic rings. The zero-order valence-electron chi connectivity index (χ0n) is 7.12. The summed E-state index contributed by atoms with van der Waals surface area (Å²) in [5.74, 6) is -3.22. The van der Waals surface area contributed by atoms with Gasteiger partial charge in [-0.1, -0.05) is 0 Å². The molecule has 0 atom stereocenters. The van der Waals surface area contributed by atoms with E-state index in [9.17, 15) is 18.0 Å². The van der Waals surface area contributed by atoms with E-state index in [1.165, 1.54) is 18.6 Å². The van der Waals surface area contributed by atoms with E-state index in [-0.39, 0.29) is 0 Å². The smallest absolute Gasteiger partial charge is 0.475 e. The molecule has 8 heteroatoms. The molecule has 0 aliphatic carbocycles. The summed E-state index contributed by atoms with van der Waals surface area (Å²) in [5, 5.41) is 7.12. The van der Waals surface area contributed by atoms with E-state index >= 15 is 0 Å². The van der Waals surface area contributed by atoms with Crippen LogP contribution in [0.1, 0.15) is 10.4 Å². The first-order valence-electron chi connectivity index (χ1n) is 3.37. The van der Waals surface area contributed by atoms with Crippen LogP contribution >= 0.6 is 0 Å². The fourth-order valence-corrected chi connectivity index (χ4v) is 0.405. The van der Waals surface area contributed by atoms with E-state index in [1.807, 2.05) is 0 Å². The Morgan fingerprint density at radius 2 is 1.87 bits per heavy atom. The third kappa shape index (κ3) is 5.34. The van der Waals surface area contributed by atoms with Gasteiger partial charge in [0.25, 0.3) is 5.91 Å². The standard InChI is InChI=1S/C5H5NO2.C2HF3O2/c6-5(7)4-1-2-8-3-4;3-2(4,5)1(6)7/h1-3H,(H2,6,7);(H,6,7). The highest BCUT2D eigenvalue weighted by Crippen LogP contribution is 2.13. The lowest BCUT2D eigenvalue weighted by atomic mass is 10.3. The molecule has 0 aliphatic heterocycles. The second-order valence-electron chi connectivity index (χ2n) is 2.18. The number of nitrogens with two attached hydrogens (primary N) is 1. The average Bonchev–Trinajstić information content (AvgIpc) is 2.54. The van der Waals surface area contributed by atoms with Crippen molar-refractivity contribution in [3.8, 4) is 0 Å². The Labute approximate surface area is 81.3 Å². The van der Waals surface area contributed by atoms with Crippen LogP contribution in [0.15, 0.2) is 23.0 Å². The van der Waals surface area contributed by atoms with E-state index in [4.69, 9.17) is 15.6 Å². The van der Waals surface area contributed by atoms with Crippen molar-refractivity contribution in [3.05, 3.63) is 24.2 Å². The van der Waals surface area contributed by atoms with Gasteiger partial charge in [-0.25, -0.2) is 4.79 Å². The summed E-state index contributed by atoms with van der Waals surface area (Å²) >= 11 is 0. The summed E-state index contributed by atoms with van der Waals surface area (Å²) in [6, 6.07) is 1.52. The highest BCUT2D eigenvalue weighted by Gasteiger charge is 2.38. The molecule has 0 spiro atoms. The van der Waals surface area contributed by atoms with Crippen molar-refractivity contribution in [2.75, 3.05) is 0 Å². The Morgan fingerprint density at radius 3 is 2.00 bits per heavy atom. The molecule has 0 bridgehead atoms. The number of hydrogen-bond donors (Lipinski definition) is 2. The Kier molecular flexibility index (Phi) is 4.36. The normalized spacial score (nSPS) is 10.1. The zero-order chi connectivity index (χ0) is 12.1. The molecule has 1 aromatic heterocycles. The number of hydrogen-bond acceptors (Lipinski definition) is 3. The van der Waals surface area contributed by atoms with E-state index < -0.39 is 18.1 Å². The molecular weight excluding hydrogens is 219 g/mol. The van der Waals surface area contributed by atoms with Crippen molar-refractivity contribution in [1.29, 1.82) is 0 Å². The maximum absolute atomic E-state index is 10.6. The van der Waals surface area contributed by atoms with Crippen LogP contribution < -0.4 is 5.73 Å². The Morgan fingerprint density at radius 1 is 1.40 bits per heavy atom. The minimum Gasteiger partial charge on any atom is -0.475 e. The Bertz CT molecular complexity index is 331. The number of amides is 1. The lowest BCUT2D eigenvalue weighted by Gasteiger charge is -1.93. The molecule has 0 saturated heterocycles. The van der Waals surface area contributed by atoms with Crippen molar-refractivity contribution in [2.24, 2.45) is 5.73 Å². The van der Waals surface area contributed by atoms with E-state index in [2.05, 4.69) is 4.42 Å². The van der Waals surface area contributed by atoms with Crippen LogP contribution in [-0.4, -0.2) is 23.2 Å². The topological polar surface area (TPSA) is 93.5 Å². The van der Waals surface area contributed by atoms with E-state index in [0.717, 1.165) is 0 Å². The van der Waals surface area contributed by atoms with Gasteiger partial charge in [0.15, 0.2) is 0 Å². The van der Waals surface area contributed by atoms with Gasteiger partial charge in [0.1, 0.15) is 6.26 Å². The molecule has 1 heterocycles. The van der Waals surface area contributed by atoms with Crippen molar-refractivity contribution in [3.63, 3.8) is 0 Å². The van der Waals surface area contributed by atoms with Crippen LogP contribution in [0.25, 0.3) is 0 Å². The van der Waals surface area contributed by atoms with Crippen LogP contribution in [0.3, 0.4) is 0 Å². The van der Waals surface area contributed by atoms with Crippen molar-refractivity contribution in [1.82, 2.24) is 0 Å². The number of furan rings is 1. The number of carbonyl (C=O) groups excluding carboxylic acids is 1. The average molecular weight is 225 g/mol. The van der Waals surface area contributed by atoms with Crippen LogP contribution in [0.4, 0.5) is 13.2 Å². The summed E-state index contributed by atoms with van der Waals surface area (Å²) in [6.45, 7) is 0. The van der Waals surface area contributed by atoms with E-state index in [0.29, 0.717) is 5.56 Å². The molecule has 1 amide bonds. The van der Waals surface area contributed by atoms with Crippen LogP contribution in [0.5, 0.6) is 0 Å². The largest absolute Gasteiger partial charge is 0.490 e. The Balaban J connectivity index is 0.000000265. The monoisotopic (exact) mass is 225 g/mol. The number of primary amides is 1. The van der Waals surface area contributed by atoms with Gasteiger partial charge in [0.2, 0.25) is 0 Å². The van der Waals surface area contributed by atoms with Crippen LogP contribution in [-0.2, 0) is 4.79 Å². The SMILES string of the molecule is NC(=O)c1ccoc1.O=C(O)C(F)(F)F. The fourth-order valence-electron chi connectivity index (χ4n) is 0.405. The summed E-state index contributed by atoms with van der Waals surface area (Å²) in [7, 11) is 0. The zero-order valence-corrected chi connectivity index (χ0v) is 7.12. The highest BCUT2D eigenvalue weighted by molar-refractivity contribution is 5.92. The molecule has 0 saturated carbocycles. The number of rotatable bonds is 1. The summed E-state index contributed by atoms with van der Waals surface area (Å²) in [5.41, 5.74) is 5.27. The number of alkyl halides is 3. The molecule has 0 aliphatic rings. The molecule has 5 nitrogen and oxygen atoms in total. The van der Waals surface area contributed by atoms with Gasteiger partial charge in [-0.3, -0.25) is 4.79 Å². The van der Waals surface area contributed by atoms with Gasteiger partial charge in [-0.2, -0.15) is 13.2 Å². The minimum atomic E-state index is -5.08. The number of carboxylic acid groups (broad SMARTS) is 1. The predicted octanol–water partition coefficient (Wildman–Crippen LogP) is 1.01. The molecule has 1 rings (SSSR count). The summed E-state index contributed by atoms with van der Waals surface area (Å²) in [6.07, 6.45) is -2.37. The number of halogens is 3. The van der Waals surface area contributed by atoms with Gasteiger partial charge in [0, 0.05) is 0 Å². The second-order valence-corrected chi connectivity index (χ2v) is 2.18. The number of carboxylic acids is 1. The van der Waals surface area contributed by atoms with Crippen molar-refractivity contribution < 1.29 is 32.3 Å². The highest BCUT2D eigenvalue weighted by atomic mass is 19.4.